The van der Waals surface area contributed by atoms with Gasteiger partial charge in [0.1, 0.15) is 17.3 Å². The summed E-state index contributed by atoms with van der Waals surface area (Å²) in [4.78, 5) is 14.0. The summed E-state index contributed by atoms with van der Waals surface area (Å²) < 4.78 is 18.1. The number of nitrogens with zero attached hydrogens (tertiary/aromatic N) is 1. The predicted molar refractivity (Wildman–Crippen MR) is 90.6 cm³/mol. The Balaban J connectivity index is 1.91. The van der Waals surface area contributed by atoms with Crippen molar-refractivity contribution in [3.8, 4) is 5.75 Å². The number of hydrogen-bond donors (Lipinski definition) is 1. The summed E-state index contributed by atoms with van der Waals surface area (Å²) in [5.74, 6) is 0.0352. The van der Waals surface area contributed by atoms with Crippen LogP contribution in [-0.4, -0.2) is 18.1 Å². The number of hydrogen-bond acceptors (Lipinski definition) is 3. The number of anilines is 1. The Kier molecular flexibility index (Phi) is 4.08. The van der Waals surface area contributed by atoms with Crippen LogP contribution in [0.15, 0.2) is 54.2 Å². The van der Waals surface area contributed by atoms with Crippen LogP contribution in [-0.2, 0) is 4.79 Å². The molecule has 0 aromatic heterocycles. The van der Waals surface area contributed by atoms with Crippen LogP contribution in [0.25, 0.3) is 6.08 Å². The Labute approximate surface area is 138 Å². The van der Waals surface area contributed by atoms with Crippen molar-refractivity contribution in [2.24, 2.45) is 0 Å². The van der Waals surface area contributed by atoms with Gasteiger partial charge in [-0.25, -0.2) is 4.39 Å². The third kappa shape index (κ3) is 3.07. The number of halogens is 1. The van der Waals surface area contributed by atoms with Crippen LogP contribution in [0.1, 0.15) is 5.56 Å². The number of rotatable bonds is 3. The number of carbonyl (C=O) groups excluding carboxylic acids is 1. The molecule has 2 aromatic rings. The van der Waals surface area contributed by atoms with E-state index in [1.54, 1.807) is 49.6 Å². The molecule has 0 radical (unpaired) electrons. The van der Waals surface area contributed by atoms with Crippen molar-refractivity contribution >= 4 is 35.0 Å². The molecule has 0 spiro atoms. The first-order chi connectivity index (χ1) is 11.1. The van der Waals surface area contributed by atoms with Gasteiger partial charge in [-0.15, -0.1) is 0 Å². The lowest BCUT2D eigenvalue weighted by atomic mass is 10.2. The fourth-order valence-electron chi connectivity index (χ4n) is 2.24. The highest BCUT2D eigenvalue weighted by Gasteiger charge is 2.32. The minimum absolute atomic E-state index is 0.271. The number of benzene rings is 2. The van der Waals surface area contributed by atoms with Gasteiger partial charge in [-0.05, 0) is 48.1 Å². The largest absolute Gasteiger partial charge is 0.497 e. The molecule has 1 N–H and O–H groups in total. The molecule has 4 nitrogen and oxygen atoms in total. The number of nitrogens with one attached hydrogen (secondary N) is 1. The van der Waals surface area contributed by atoms with Gasteiger partial charge in [0.2, 0.25) is 0 Å². The minimum Gasteiger partial charge on any atom is -0.497 e. The zero-order valence-electron chi connectivity index (χ0n) is 12.2. The molecule has 1 heterocycles. The first-order valence-corrected chi connectivity index (χ1v) is 7.26. The monoisotopic (exact) mass is 328 g/mol. The van der Waals surface area contributed by atoms with E-state index in [9.17, 15) is 9.18 Å². The van der Waals surface area contributed by atoms with Crippen LogP contribution in [0.3, 0.4) is 0 Å². The van der Waals surface area contributed by atoms with Crippen LogP contribution in [0.2, 0.25) is 0 Å². The van der Waals surface area contributed by atoms with Crippen molar-refractivity contribution < 1.29 is 13.9 Å². The van der Waals surface area contributed by atoms with E-state index in [-0.39, 0.29) is 16.8 Å². The fourth-order valence-corrected chi connectivity index (χ4v) is 2.54. The van der Waals surface area contributed by atoms with Crippen molar-refractivity contribution in [1.29, 1.82) is 0 Å². The van der Waals surface area contributed by atoms with Crippen molar-refractivity contribution in [1.82, 2.24) is 5.32 Å². The van der Waals surface area contributed by atoms with Crippen molar-refractivity contribution in [3.63, 3.8) is 0 Å². The second kappa shape index (κ2) is 6.18. The molecule has 1 fully saturated rings. The molecule has 0 bridgehead atoms. The Morgan fingerprint density at radius 3 is 2.65 bits per heavy atom. The predicted octanol–water partition coefficient (Wildman–Crippen LogP) is 3.10. The number of ether oxygens (including phenoxy) is 1. The Morgan fingerprint density at radius 2 is 1.96 bits per heavy atom. The minimum atomic E-state index is -0.327. The van der Waals surface area contributed by atoms with Crippen LogP contribution < -0.4 is 15.0 Å². The summed E-state index contributed by atoms with van der Waals surface area (Å²) in [6.07, 6.45) is 1.63. The third-order valence-corrected chi connectivity index (χ3v) is 3.66. The number of amides is 1. The zero-order valence-corrected chi connectivity index (χ0v) is 13.1. The topological polar surface area (TPSA) is 41.6 Å². The maximum absolute atomic E-state index is 12.9. The van der Waals surface area contributed by atoms with Crippen molar-refractivity contribution in [3.05, 3.63) is 65.6 Å². The van der Waals surface area contributed by atoms with Gasteiger partial charge in [-0.3, -0.25) is 9.69 Å². The van der Waals surface area contributed by atoms with E-state index in [1.807, 2.05) is 0 Å². The van der Waals surface area contributed by atoms with E-state index in [2.05, 4.69) is 5.32 Å². The molecule has 116 valence electrons. The molecular weight excluding hydrogens is 315 g/mol. The molecule has 0 saturated carbocycles. The summed E-state index contributed by atoms with van der Waals surface area (Å²) in [7, 11) is 1.56. The number of carbonyl (C=O) groups is 1. The average molecular weight is 328 g/mol. The summed E-state index contributed by atoms with van der Waals surface area (Å²) in [5.41, 5.74) is 1.66. The lowest BCUT2D eigenvalue weighted by molar-refractivity contribution is -0.113. The van der Waals surface area contributed by atoms with Crippen LogP contribution in [0, 0.1) is 5.82 Å². The molecule has 0 unspecified atom stereocenters. The molecule has 6 heteroatoms. The molecule has 2 aromatic carbocycles. The van der Waals surface area contributed by atoms with Gasteiger partial charge in [0.05, 0.1) is 12.8 Å². The summed E-state index contributed by atoms with van der Waals surface area (Å²) in [6.45, 7) is 0. The highest BCUT2D eigenvalue weighted by molar-refractivity contribution is 7.80. The Bertz CT molecular complexity index is 802. The fraction of sp³-hybridized carbons (Fsp3) is 0.0588. The number of thiocarbonyl (C=S) groups is 1. The van der Waals surface area contributed by atoms with Gasteiger partial charge in [0.25, 0.3) is 5.91 Å². The van der Waals surface area contributed by atoms with E-state index in [0.717, 1.165) is 0 Å². The Morgan fingerprint density at radius 1 is 1.22 bits per heavy atom. The molecule has 0 atom stereocenters. The molecule has 23 heavy (non-hydrogen) atoms. The van der Waals surface area contributed by atoms with Crippen molar-refractivity contribution in [2.45, 2.75) is 0 Å². The molecule has 1 aliphatic rings. The van der Waals surface area contributed by atoms with E-state index in [1.165, 1.54) is 17.0 Å². The summed E-state index contributed by atoms with van der Waals surface area (Å²) in [5, 5.41) is 3.18. The third-order valence-electron chi connectivity index (χ3n) is 3.37. The molecular formula is C17H13FN2O2S. The van der Waals surface area contributed by atoms with Gasteiger partial charge < -0.3 is 10.1 Å². The van der Waals surface area contributed by atoms with Crippen LogP contribution in [0.5, 0.6) is 5.75 Å². The van der Waals surface area contributed by atoms with Gasteiger partial charge in [-0.2, -0.15) is 0 Å². The zero-order chi connectivity index (χ0) is 16.4. The van der Waals surface area contributed by atoms with E-state index >= 15 is 0 Å². The maximum Gasteiger partial charge on any atom is 0.281 e. The highest BCUT2D eigenvalue weighted by atomic mass is 32.1. The first kappa shape index (κ1) is 15.2. The van der Waals surface area contributed by atoms with Gasteiger partial charge >= 0.3 is 0 Å². The molecule has 1 saturated heterocycles. The van der Waals surface area contributed by atoms with Gasteiger partial charge in [-0.1, -0.05) is 18.2 Å². The van der Waals surface area contributed by atoms with E-state index in [0.29, 0.717) is 22.7 Å². The second-order valence-electron chi connectivity index (χ2n) is 4.88. The lowest BCUT2D eigenvalue weighted by Gasteiger charge is -2.14. The normalized spacial score (nSPS) is 15.9. The summed E-state index contributed by atoms with van der Waals surface area (Å²) in [6, 6.07) is 12.9. The average Bonchev–Trinajstić information content (AvgIpc) is 2.83. The first-order valence-electron chi connectivity index (χ1n) is 6.85. The molecule has 1 aliphatic heterocycles. The lowest BCUT2D eigenvalue weighted by Crippen LogP contribution is -2.30. The Hall–Kier alpha value is -2.73. The van der Waals surface area contributed by atoms with Crippen molar-refractivity contribution in [2.75, 3.05) is 12.0 Å². The molecule has 3 rings (SSSR count). The maximum atomic E-state index is 12.9. The quantitative estimate of drug-likeness (QED) is 0.694. The summed E-state index contributed by atoms with van der Waals surface area (Å²) >= 11 is 5.25. The number of methoxy groups -OCH3 is 1. The van der Waals surface area contributed by atoms with E-state index < -0.39 is 0 Å². The second-order valence-corrected chi connectivity index (χ2v) is 5.27. The standard InChI is InChI=1S/C17H13FN2O2S/c1-22-14-4-2-3-13(10-14)20-16(21)15(19-17(20)23)9-11-5-7-12(18)8-6-11/h2-10H,1H3,(H,19,23). The SMILES string of the molecule is COc1cccc(N2C(=O)C(=Cc3ccc(F)cc3)NC2=S)c1. The smallest absolute Gasteiger partial charge is 0.281 e. The van der Waals surface area contributed by atoms with Gasteiger partial charge in [0.15, 0.2) is 5.11 Å². The van der Waals surface area contributed by atoms with Gasteiger partial charge in [0, 0.05) is 6.07 Å². The van der Waals surface area contributed by atoms with Crippen LogP contribution in [0.4, 0.5) is 10.1 Å². The van der Waals surface area contributed by atoms with E-state index in [4.69, 9.17) is 17.0 Å². The highest BCUT2D eigenvalue weighted by Crippen LogP contribution is 2.25. The van der Waals surface area contributed by atoms with Crippen LogP contribution >= 0.6 is 12.2 Å². The molecule has 1 amide bonds. The molecule has 0 aliphatic carbocycles.